The van der Waals surface area contributed by atoms with Gasteiger partial charge in [0, 0.05) is 38.4 Å². The molecule has 0 aliphatic carbocycles. The molecule has 0 bridgehead atoms. The van der Waals surface area contributed by atoms with E-state index in [1.807, 2.05) is 41.8 Å². The number of carbonyl (C=O) groups excluding carboxylic acids is 2. The number of benzene rings is 1. The molecule has 4 nitrogen and oxygen atoms in total. The molecule has 0 unspecified atom stereocenters. The van der Waals surface area contributed by atoms with Crippen LogP contribution in [0.1, 0.15) is 25.8 Å². The zero-order chi connectivity index (χ0) is 15.9. The number of amides is 2. The third-order valence-electron chi connectivity index (χ3n) is 3.94. The van der Waals surface area contributed by atoms with Crippen LogP contribution in [-0.4, -0.2) is 53.0 Å². The second-order valence-corrected chi connectivity index (χ2v) is 6.83. The van der Waals surface area contributed by atoms with Crippen LogP contribution in [0.4, 0.5) is 0 Å². The molecule has 0 N–H and O–H groups in total. The second-order valence-electron chi connectivity index (χ2n) is 5.50. The van der Waals surface area contributed by atoms with Crippen LogP contribution in [0.2, 0.25) is 0 Å². The van der Waals surface area contributed by atoms with Crippen LogP contribution in [0.15, 0.2) is 30.3 Å². The Morgan fingerprint density at radius 1 is 1.09 bits per heavy atom. The molecule has 2 amide bonds. The van der Waals surface area contributed by atoms with Crippen molar-refractivity contribution in [2.24, 2.45) is 0 Å². The first-order valence-electron chi connectivity index (χ1n) is 7.84. The summed E-state index contributed by atoms with van der Waals surface area (Å²) in [5, 5.41) is -0.0476. The number of piperazine rings is 1. The largest absolute Gasteiger partial charge is 0.339 e. The van der Waals surface area contributed by atoms with Gasteiger partial charge < -0.3 is 9.80 Å². The van der Waals surface area contributed by atoms with Gasteiger partial charge in [0.15, 0.2) is 0 Å². The molecule has 22 heavy (non-hydrogen) atoms. The summed E-state index contributed by atoms with van der Waals surface area (Å²) in [5.74, 6) is 1.21. The van der Waals surface area contributed by atoms with Gasteiger partial charge in [0.1, 0.15) is 0 Å². The maximum absolute atomic E-state index is 12.5. The Balaban J connectivity index is 1.78. The molecule has 1 aromatic carbocycles. The van der Waals surface area contributed by atoms with Crippen molar-refractivity contribution in [3.8, 4) is 0 Å². The van der Waals surface area contributed by atoms with E-state index in [1.54, 1.807) is 11.8 Å². The molecular weight excluding hydrogens is 296 g/mol. The standard InChI is InChI=1S/C17H24N2O2S/c1-3-16(20)18-9-11-19(12-10-18)17(21)14(2)22-13-15-7-5-4-6-8-15/h4-8,14H,3,9-13H2,1-2H3/t14-/m0/s1. The Hall–Kier alpha value is -1.49. The summed E-state index contributed by atoms with van der Waals surface area (Å²) >= 11 is 1.67. The highest BCUT2D eigenvalue weighted by Crippen LogP contribution is 2.20. The summed E-state index contributed by atoms with van der Waals surface area (Å²) in [4.78, 5) is 27.9. The third-order valence-corrected chi connectivity index (χ3v) is 5.14. The van der Waals surface area contributed by atoms with Crippen molar-refractivity contribution in [3.63, 3.8) is 0 Å². The minimum Gasteiger partial charge on any atom is -0.339 e. The molecule has 1 fully saturated rings. The molecule has 120 valence electrons. The van der Waals surface area contributed by atoms with Crippen molar-refractivity contribution in [2.75, 3.05) is 26.2 Å². The maximum Gasteiger partial charge on any atom is 0.235 e. The van der Waals surface area contributed by atoms with Crippen LogP contribution in [0.5, 0.6) is 0 Å². The lowest BCUT2D eigenvalue weighted by Crippen LogP contribution is -2.52. The van der Waals surface area contributed by atoms with Crippen LogP contribution in [-0.2, 0) is 15.3 Å². The number of thioether (sulfide) groups is 1. The fourth-order valence-electron chi connectivity index (χ4n) is 2.52. The highest BCUT2D eigenvalue weighted by molar-refractivity contribution is 7.99. The molecule has 0 radical (unpaired) electrons. The van der Waals surface area contributed by atoms with E-state index in [0.717, 1.165) is 5.75 Å². The van der Waals surface area contributed by atoms with Gasteiger partial charge in [0.25, 0.3) is 0 Å². The smallest absolute Gasteiger partial charge is 0.235 e. The van der Waals surface area contributed by atoms with Crippen LogP contribution >= 0.6 is 11.8 Å². The minimum atomic E-state index is -0.0476. The van der Waals surface area contributed by atoms with E-state index in [1.165, 1.54) is 5.56 Å². The molecule has 1 heterocycles. The SMILES string of the molecule is CCC(=O)N1CCN(C(=O)[C@H](C)SCc2ccccc2)CC1. The Kier molecular flexibility index (Phi) is 6.31. The van der Waals surface area contributed by atoms with E-state index < -0.39 is 0 Å². The number of hydrogen-bond acceptors (Lipinski definition) is 3. The van der Waals surface area contributed by atoms with Gasteiger partial charge in [-0.15, -0.1) is 11.8 Å². The monoisotopic (exact) mass is 320 g/mol. The number of rotatable bonds is 5. The molecule has 1 saturated heterocycles. The van der Waals surface area contributed by atoms with Gasteiger partial charge in [-0.2, -0.15) is 0 Å². The van der Waals surface area contributed by atoms with Crippen LogP contribution in [0, 0.1) is 0 Å². The quantitative estimate of drug-likeness (QED) is 0.836. The fourth-order valence-corrected chi connectivity index (χ4v) is 3.45. The van der Waals surface area contributed by atoms with E-state index in [4.69, 9.17) is 0 Å². The highest BCUT2D eigenvalue weighted by Gasteiger charge is 2.26. The van der Waals surface area contributed by atoms with E-state index in [9.17, 15) is 9.59 Å². The van der Waals surface area contributed by atoms with Crippen molar-refractivity contribution >= 4 is 23.6 Å². The molecule has 5 heteroatoms. The Morgan fingerprint density at radius 2 is 1.68 bits per heavy atom. The zero-order valence-corrected chi connectivity index (χ0v) is 14.1. The maximum atomic E-state index is 12.5. The summed E-state index contributed by atoms with van der Waals surface area (Å²) in [7, 11) is 0. The van der Waals surface area contributed by atoms with E-state index >= 15 is 0 Å². The van der Waals surface area contributed by atoms with Crippen LogP contribution in [0.25, 0.3) is 0 Å². The molecule has 1 aliphatic heterocycles. The van der Waals surface area contributed by atoms with Crippen molar-refractivity contribution in [2.45, 2.75) is 31.3 Å². The van der Waals surface area contributed by atoms with E-state index in [-0.39, 0.29) is 17.1 Å². The summed E-state index contributed by atoms with van der Waals surface area (Å²) in [5.41, 5.74) is 1.24. The topological polar surface area (TPSA) is 40.6 Å². The first-order chi connectivity index (χ1) is 10.6. The predicted molar refractivity (Wildman–Crippen MR) is 90.7 cm³/mol. The lowest BCUT2D eigenvalue weighted by atomic mass is 10.2. The van der Waals surface area contributed by atoms with E-state index in [2.05, 4.69) is 12.1 Å². The van der Waals surface area contributed by atoms with E-state index in [0.29, 0.717) is 32.6 Å². The lowest BCUT2D eigenvalue weighted by Gasteiger charge is -2.35. The number of carbonyl (C=O) groups is 2. The van der Waals surface area contributed by atoms with Gasteiger partial charge in [-0.25, -0.2) is 0 Å². The van der Waals surface area contributed by atoms with Gasteiger partial charge in [-0.05, 0) is 12.5 Å². The van der Waals surface area contributed by atoms with Crippen molar-refractivity contribution in [1.29, 1.82) is 0 Å². The third kappa shape index (κ3) is 4.50. The Bertz CT molecular complexity index is 499. The van der Waals surface area contributed by atoms with Gasteiger partial charge in [-0.3, -0.25) is 9.59 Å². The van der Waals surface area contributed by atoms with Gasteiger partial charge in [0.2, 0.25) is 11.8 Å². The Labute approximate surface area is 136 Å². The van der Waals surface area contributed by atoms with Gasteiger partial charge >= 0.3 is 0 Å². The molecule has 1 aromatic rings. The minimum absolute atomic E-state index is 0.0476. The molecule has 0 aromatic heterocycles. The molecule has 0 spiro atoms. The van der Waals surface area contributed by atoms with Crippen molar-refractivity contribution < 1.29 is 9.59 Å². The van der Waals surface area contributed by atoms with Gasteiger partial charge in [-0.1, -0.05) is 37.3 Å². The molecule has 1 aliphatic rings. The molecule has 2 rings (SSSR count). The lowest BCUT2D eigenvalue weighted by molar-refractivity contribution is -0.138. The second kappa shape index (κ2) is 8.22. The van der Waals surface area contributed by atoms with Crippen molar-refractivity contribution in [3.05, 3.63) is 35.9 Å². The number of nitrogens with zero attached hydrogens (tertiary/aromatic N) is 2. The fraction of sp³-hybridized carbons (Fsp3) is 0.529. The summed E-state index contributed by atoms with van der Waals surface area (Å²) < 4.78 is 0. The predicted octanol–water partition coefficient (Wildman–Crippen LogP) is 2.39. The number of hydrogen-bond donors (Lipinski definition) is 0. The summed E-state index contributed by atoms with van der Waals surface area (Å²) in [6, 6.07) is 10.2. The average Bonchev–Trinajstić information content (AvgIpc) is 2.59. The normalized spacial score (nSPS) is 16.5. The molecular formula is C17H24N2O2S. The average molecular weight is 320 g/mol. The highest BCUT2D eigenvalue weighted by atomic mass is 32.2. The summed E-state index contributed by atoms with van der Waals surface area (Å²) in [6.45, 7) is 6.48. The molecule has 0 saturated carbocycles. The zero-order valence-electron chi connectivity index (χ0n) is 13.3. The van der Waals surface area contributed by atoms with Crippen molar-refractivity contribution in [1.82, 2.24) is 9.80 Å². The Morgan fingerprint density at radius 3 is 2.27 bits per heavy atom. The van der Waals surface area contributed by atoms with Crippen LogP contribution in [0.3, 0.4) is 0 Å². The van der Waals surface area contributed by atoms with Crippen LogP contribution < -0.4 is 0 Å². The summed E-state index contributed by atoms with van der Waals surface area (Å²) in [6.07, 6.45) is 0.539. The first kappa shape index (κ1) is 16.9. The van der Waals surface area contributed by atoms with Gasteiger partial charge in [0.05, 0.1) is 5.25 Å². The first-order valence-corrected chi connectivity index (χ1v) is 8.88. The molecule has 1 atom stereocenters.